The van der Waals surface area contributed by atoms with Crippen molar-refractivity contribution < 1.29 is 14.6 Å². The molecule has 0 saturated carbocycles. The third-order valence-electron chi connectivity index (χ3n) is 4.81. The van der Waals surface area contributed by atoms with E-state index in [1.807, 2.05) is 31.3 Å². The van der Waals surface area contributed by atoms with E-state index >= 15 is 0 Å². The average Bonchev–Trinajstić information content (AvgIpc) is 2.60. The Labute approximate surface area is 145 Å². The van der Waals surface area contributed by atoms with E-state index in [-0.39, 0.29) is 18.1 Å². The molecule has 1 aliphatic heterocycles. The van der Waals surface area contributed by atoms with Gasteiger partial charge >= 0.3 is 0 Å². The van der Waals surface area contributed by atoms with Gasteiger partial charge in [-0.1, -0.05) is 26.0 Å². The van der Waals surface area contributed by atoms with Gasteiger partial charge in [0.2, 0.25) is 0 Å². The minimum atomic E-state index is -0.228. The number of carbonyl (C=O) groups is 1. The zero-order valence-electron chi connectivity index (χ0n) is 15.0. The molecule has 24 heavy (non-hydrogen) atoms. The minimum absolute atomic E-state index is 0.0314. The fourth-order valence-electron chi connectivity index (χ4n) is 3.06. The first-order chi connectivity index (χ1) is 11.5. The minimum Gasteiger partial charge on any atom is -0.394 e. The second kappa shape index (κ2) is 8.60. The van der Waals surface area contributed by atoms with Crippen LogP contribution in [0.1, 0.15) is 42.6 Å². The Bertz CT molecular complexity index is 539. The number of ether oxygens (including phenoxy) is 1. The molecule has 0 spiro atoms. The number of nitrogens with zero attached hydrogens (tertiary/aromatic N) is 1. The molecule has 1 saturated heterocycles. The summed E-state index contributed by atoms with van der Waals surface area (Å²) in [5.41, 5.74) is 1.54. The van der Waals surface area contributed by atoms with Gasteiger partial charge in [0.05, 0.1) is 6.61 Å². The van der Waals surface area contributed by atoms with Crippen LogP contribution in [0, 0.1) is 5.92 Å². The Kier molecular flexibility index (Phi) is 6.78. The van der Waals surface area contributed by atoms with E-state index in [0.717, 1.165) is 18.4 Å². The molecule has 1 fully saturated rings. The van der Waals surface area contributed by atoms with Crippen molar-refractivity contribution in [2.75, 3.05) is 33.4 Å². The number of hydrogen-bond donors (Lipinski definition) is 2. The maximum absolute atomic E-state index is 12.2. The summed E-state index contributed by atoms with van der Waals surface area (Å²) in [6, 6.07) is 7.73. The molecule has 0 aromatic heterocycles. The van der Waals surface area contributed by atoms with Crippen LogP contribution < -0.4 is 5.32 Å². The van der Waals surface area contributed by atoms with E-state index in [1.165, 1.54) is 0 Å². The molecule has 0 aliphatic carbocycles. The summed E-state index contributed by atoms with van der Waals surface area (Å²) in [5.74, 6) is 0.400. The first-order valence-electron chi connectivity index (χ1n) is 8.74. The second-order valence-electron chi connectivity index (χ2n) is 7.16. The highest BCUT2D eigenvalue weighted by Crippen LogP contribution is 2.28. The second-order valence-corrected chi connectivity index (χ2v) is 7.16. The lowest BCUT2D eigenvalue weighted by atomic mass is 9.89. The number of carbonyl (C=O) groups excluding carboxylic acids is 1. The van der Waals surface area contributed by atoms with Crippen molar-refractivity contribution in [1.29, 1.82) is 0 Å². The maximum atomic E-state index is 12.2. The molecule has 1 amide bonds. The molecular formula is C19H30N2O3. The predicted octanol–water partition coefficient (Wildman–Crippen LogP) is 2.05. The van der Waals surface area contributed by atoms with Gasteiger partial charge in [-0.15, -0.1) is 0 Å². The number of hydrogen-bond acceptors (Lipinski definition) is 4. The number of rotatable bonds is 7. The Morgan fingerprint density at radius 3 is 2.71 bits per heavy atom. The molecule has 0 bridgehead atoms. The van der Waals surface area contributed by atoms with Crippen molar-refractivity contribution in [3.05, 3.63) is 35.4 Å². The molecule has 0 unspecified atom stereocenters. The van der Waals surface area contributed by atoms with Crippen LogP contribution >= 0.6 is 0 Å². The average molecular weight is 334 g/mol. The van der Waals surface area contributed by atoms with E-state index in [9.17, 15) is 9.90 Å². The van der Waals surface area contributed by atoms with Crippen LogP contribution in [0.5, 0.6) is 0 Å². The third kappa shape index (κ3) is 4.79. The number of aliphatic hydroxyl groups excluding tert-OH is 1. The van der Waals surface area contributed by atoms with E-state index in [2.05, 4.69) is 24.1 Å². The van der Waals surface area contributed by atoms with E-state index in [0.29, 0.717) is 37.8 Å². The van der Waals surface area contributed by atoms with Crippen molar-refractivity contribution in [2.45, 2.75) is 38.8 Å². The summed E-state index contributed by atoms with van der Waals surface area (Å²) >= 11 is 0. The van der Waals surface area contributed by atoms with Gasteiger partial charge in [-0.3, -0.25) is 9.69 Å². The SMILES string of the molecule is CC(C)CNC(=O)c1cccc(CN(C)C2(CO)CCOCC2)c1. The van der Waals surface area contributed by atoms with Gasteiger partial charge in [-0.05, 0) is 43.5 Å². The number of aliphatic hydroxyl groups is 1. The molecule has 5 nitrogen and oxygen atoms in total. The monoisotopic (exact) mass is 334 g/mol. The molecule has 5 heteroatoms. The Balaban J connectivity index is 2.04. The lowest BCUT2D eigenvalue weighted by Crippen LogP contribution is -2.52. The number of likely N-dealkylation sites (N-methyl/N-ethyl adjacent to an activating group) is 1. The van der Waals surface area contributed by atoms with Crippen LogP contribution in [0.4, 0.5) is 0 Å². The van der Waals surface area contributed by atoms with E-state index < -0.39 is 0 Å². The quantitative estimate of drug-likeness (QED) is 0.801. The van der Waals surface area contributed by atoms with E-state index in [4.69, 9.17) is 4.74 Å². The van der Waals surface area contributed by atoms with Gasteiger partial charge in [0, 0.05) is 37.4 Å². The molecule has 1 heterocycles. The molecule has 0 atom stereocenters. The first kappa shape index (κ1) is 18.9. The Morgan fingerprint density at radius 1 is 1.38 bits per heavy atom. The van der Waals surface area contributed by atoms with Gasteiger partial charge < -0.3 is 15.2 Å². The number of benzene rings is 1. The van der Waals surface area contributed by atoms with Gasteiger partial charge in [0.1, 0.15) is 0 Å². The predicted molar refractivity (Wildman–Crippen MR) is 95.0 cm³/mol. The lowest BCUT2D eigenvalue weighted by molar-refractivity contribution is -0.0493. The van der Waals surface area contributed by atoms with Gasteiger partial charge in [0.15, 0.2) is 0 Å². The summed E-state index contributed by atoms with van der Waals surface area (Å²) in [7, 11) is 2.03. The van der Waals surface area contributed by atoms with Crippen LogP contribution in [0.3, 0.4) is 0 Å². The third-order valence-corrected chi connectivity index (χ3v) is 4.81. The van der Waals surface area contributed by atoms with Crippen LogP contribution in [0.25, 0.3) is 0 Å². The standard InChI is InChI=1S/C19H30N2O3/c1-15(2)12-20-18(23)17-6-4-5-16(11-17)13-21(3)19(14-22)7-9-24-10-8-19/h4-6,11,15,22H,7-10,12-14H2,1-3H3,(H,20,23). The Hall–Kier alpha value is -1.43. The van der Waals surface area contributed by atoms with E-state index in [1.54, 1.807) is 0 Å². The summed E-state index contributed by atoms with van der Waals surface area (Å²) in [6.07, 6.45) is 1.66. The van der Waals surface area contributed by atoms with Gasteiger partial charge in [0.25, 0.3) is 5.91 Å². The highest BCUT2D eigenvalue weighted by atomic mass is 16.5. The fraction of sp³-hybridized carbons (Fsp3) is 0.632. The molecule has 0 radical (unpaired) electrons. The molecule has 1 aliphatic rings. The molecule has 134 valence electrons. The molecule has 1 aromatic rings. The summed E-state index contributed by atoms with van der Waals surface area (Å²) in [6.45, 7) is 7.02. The van der Waals surface area contributed by atoms with Crippen molar-refractivity contribution in [2.24, 2.45) is 5.92 Å². The zero-order valence-corrected chi connectivity index (χ0v) is 15.0. The fourth-order valence-corrected chi connectivity index (χ4v) is 3.06. The van der Waals surface area contributed by atoms with Gasteiger partial charge in [-0.25, -0.2) is 0 Å². The molecule has 2 rings (SSSR count). The topological polar surface area (TPSA) is 61.8 Å². The zero-order chi connectivity index (χ0) is 17.6. The van der Waals surface area contributed by atoms with Gasteiger partial charge in [-0.2, -0.15) is 0 Å². The maximum Gasteiger partial charge on any atom is 0.251 e. The highest BCUT2D eigenvalue weighted by Gasteiger charge is 2.35. The Morgan fingerprint density at radius 2 is 2.08 bits per heavy atom. The summed E-state index contributed by atoms with van der Waals surface area (Å²) in [5, 5.41) is 12.8. The van der Waals surface area contributed by atoms with Crippen molar-refractivity contribution >= 4 is 5.91 Å². The van der Waals surface area contributed by atoms with Crippen LogP contribution in [0.15, 0.2) is 24.3 Å². The van der Waals surface area contributed by atoms with Crippen LogP contribution in [-0.2, 0) is 11.3 Å². The number of nitrogens with one attached hydrogen (secondary N) is 1. The normalized spacial score (nSPS) is 17.2. The first-order valence-corrected chi connectivity index (χ1v) is 8.74. The number of amides is 1. The van der Waals surface area contributed by atoms with Crippen molar-refractivity contribution in [3.8, 4) is 0 Å². The summed E-state index contributed by atoms with van der Waals surface area (Å²) in [4.78, 5) is 14.4. The summed E-state index contributed by atoms with van der Waals surface area (Å²) < 4.78 is 5.43. The lowest BCUT2D eigenvalue weighted by Gasteiger charge is -2.43. The van der Waals surface area contributed by atoms with Crippen molar-refractivity contribution in [3.63, 3.8) is 0 Å². The van der Waals surface area contributed by atoms with Crippen molar-refractivity contribution in [1.82, 2.24) is 10.2 Å². The molecular weight excluding hydrogens is 304 g/mol. The van der Waals surface area contributed by atoms with Crippen LogP contribution in [-0.4, -0.2) is 54.9 Å². The molecule has 1 aromatic carbocycles. The largest absolute Gasteiger partial charge is 0.394 e. The highest BCUT2D eigenvalue weighted by molar-refractivity contribution is 5.94. The molecule has 2 N–H and O–H groups in total. The smallest absolute Gasteiger partial charge is 0.251 e. The van der Waals surface area contributed by atoms with Crippen LogP contribution in [0.2, 0.25) is 0 Å².